The minimum absolute atomic E-state index is 0.0945. The van der Waals surface area contributed by atoms with Crippen LogP contribution in [0.5, 0.6) is 0 Å². The van der Waals surface area contributed by atoms with E-state index in [-0.39, 0.29) is 11.4 Å². The van der Waals surface area contributed by atoms with Gasteiger partial charge in [0.2, 0.25) is 0 Å². The number of likely N-dealkylation sites (tertiary alicyclic amines) is 2. The van der Waals surface area contributed by atoms with E-state index in [2.05, 4.69) is 9.88 Å². The number of aromatic nitrogens is 1. The van der Waals surface area contributed by atoms with Crippen LogP contribution in [0.3, 0.4) is 0 Å². The lowest BCUT2D eigenvalue weighted by Crippen LogP contribution is -2.67. The van der Waals surface area contributed by atoms with Crippen LogP contribution in [-0.4, -0.2) is 66.1 Å². The molecule has 0 aromatic carbocycles. The van der Waals surface area contributed by atoms with E-state index in [0.29, 0.717) is 5.69 Å². The van der Waals surface area contributed by atoms with Crippen molar-refractivity contribution in [3.63, 3.8) is 0 Å². The van der Waals surface area contributed by atoms with Gasteiger partial charge < -0.3 is 9.64 Å². The number of carbonyl (C=O) groups is 1. The third-order valence-corrected chi connectivity index (χ3v) is 5.54. The summed E-state index contributed by atoms with van der Waals surface area (Å²) in [5, 5.41) is 2.83. The molecule has 5 nitrogen and oxygen atoms in total. The predicted octanol–water partition coefficient (Wildman–Crippen LogP) is 1.78. The first-order chi connectivity index (χ1) is 10.1. The SMILES string of the molecule is COCCN1CC[C@@]12CCCN(C(=O)c1csc(C)n1)C2. The van der Waals surface area contributed by atoms with Crippen molar-refractivity contribution in [2.24, 2.45) is 0 Å². The minimum Gasteiger partial charge on any atom is -0.383 e. The van der Waals surface area contributed by atoms with Crippen LogP contribution in [-0.2, 0) is 4.74 Å². The van der Waals surface area contributed by atoms with Gasteiger partial charge in [0.05, 0.1) is 11.6 Å². The molecule has 21 heavy (non-hydrogen) atoms. The number of carbonyl (C=O) groups excluding carboxylic acids is 1. The van der Waals surface area contributed by atoms with E-state index < -0.39 is 0 Å². The fourth-order valence-corrected chi connectivity index (χ4v) is 4.09. The number of hydrogen-bond donors (Lipinski definition) is 0. The van der Waals surface area contributed by atoms with Crippen LogP contribution in [0.1, 0.15) is 34.8 Å². The highest BCUT2D eigenvalue weighted by atomic mass is 32.1. The molecule has 0 unspecified atom stereocenters. The number of amides is 1. The molecule has 1 atom stereocenters. The molecule has 1 amide bonds. The van der Waals surface area contributed by atoms with Crippen LogP contribution in [0.15, 0.2) is 5.38 Å². The second-order valence-electron chi connectivity index (χ2n) is 6.04. The van der Waals surface area contributed by atoms with Crippen LogP contribution in [0, 0.1) is 6.92 Å². The lowest BCUT2D eigenvalue weighted by molar-refractivity contribution is -0.0679. The van der Waals surface area contributed by atoms with Gasteiger partial charge in [0.25, 0.3) is 5.91 Å². The van der Waals surface area contributed by atoms with Crippen molar-refractivity contribution >= 4 is 17.2 Å². The minimum atomic E-state index is 0.0945. The van der Waals surface area contributed by atoms with Gasteiger partial charge in [-0.15, -0.1) is 11.3 Å². The van der Waals surface area contributed by atoms with Gasteiger partial charge in [-0.25, -0.2) is 4.98 Å². The summed E-state index contributed by atoms with van der Waals surface area (Å²) in [4.78, 5) is 21.4. The van der Waals surface area contributed by atoms with Crippen molar-refractivity contribution in [1.29, 1.82) is 0 Å². The second-order valence-corrected chi connectivity index (χ2v) is 7.10. The van der Waals surface area contributed by atoms with Crippen molar-refractivity contribution in [1.82, 2.24) is 14.8 Å². The Morgan fingerprint density at radius 2 is 2.33 bits per heavy atom. The molecule has 0 bridgehead atoms. The number of methoxy groups -OCH3 is 1. The zero-order valence-corrected chi connectivity index (χ0v) is 13.6. The van der Waals surface area contributed by atoms with Gasteiger partial charge in [0.15, 0.2) is 0 Å². The summed E-state index contributed by atoms with van der Waals surface area (Å²) >= 11 is 1.54. The van der Waals surface area contributed by atoms with Crippen molar-refractivity contribution in [3.05, 3.63) is 16.1 Å². The van der Waals surface area contributed by atoms with Crippen molar-refractivity contribution in [2.75, 3.05) is 39.9 Å². The van der Waals surface area contributed by atoms with Gasteiger partial charge in [0, 0.05) is 44.2 Å². The maximum atomic E-state index is 12.6. The zero-order chi connectivity index (χ0) is 14.9. The summed E-state index contributed by atoms with van der Waals surface area (Å²) in [6.07, 6.45) is 3.46. The molecule has 0 N–H and O–H groups in total. The number of piperidine rings is 1. The third-order valence-electron chi connectivity index (χ3n) is 4.76. The molecule has 3 rings (SSSR count). The molecule has 0 aliphatic carbocycles. The van der Waals surface area contributed by atoms with E-state index in [4.69, 9.17) is 4.74 Å². The van der Waals surface area contributed by atoms with E-state index in [9.17, 15) is 4.79 Å². The Hall–Kier alpha value is -0.980. The van der Waals surface area contributed by atoms with Crippen LogP contribution in [0.25, 0.3) is 0 Å². The number of rotatable bonds is 4. The molecule has 0 radical (unpaired) electrons. The van der Waals surface area contributed by atoms with Crippen LogP contribution < -0.4 is 0 Å². The Kier molecular flexibility index (Phi) is 4.28. The molecule has 6 heteroatoms. The van der Waals surface area contributed by atoms with Gasteiger partial charge in [-0.3, -0.25) is 9.69 Å². The first kappa shape index (κ1) is 14.9. The maximum Gasteiger partial charge on any atom is 0.273 e. The van der Waals surface area contributed by atoms with Gasteiger partial charge in [-0.1, -0.05) is 0 Å². The molecule has 2 saturated heterocycles. The molecular formula is C15H23N3O2S. The van der Waals surface area contributed by atoms with Crippen LogP contribution >= 0.6 is 11.3 Å². The summed E-state index contributed by atoms with van der Waals surface area (Å²) in [7, 11) is 1.74. The highest BCUT2D eigenvalue weighted by molar-refractivity contribution is 7.09. The quantitative estimate of drug-likeness (QED) is 0.850. The zero-order valence-electron chi connectivity index (χ0n) is 12.8. The highest BCUT2D eigenvalue weighted by Gasteiger charge is 2.47. The molecule has 1 aromatic rings. The molecular weight excluding hydrogens is 286 g/mol. The number of nitrogens with zero attached hydrogens (tertiary/aromatic N) is 3. The Balaban J connectivity index is 1.67. The first-order valence-electron chi connectivity index (χ1n) is 7.60. The largest absolute Gasteiger partial charge is 0.383 e. The monoisotopic (exact) mass is 309 g/mol. The smallest absolute Gasteiger partial charge is 0.273 e. The lowest BCUT2D eigenvalue weighted by atomic mass is 9.77. The Morgan fingerprint density at radius 3 is 2.95 bits per heavy atom. The molecule has 2 aliphatic heterocycles. The van der Waals surface area contributed by atoms with Gasteiger partial charge >= 0.3 is 0 Å². The van der Waals surface area contributed by atoms with Crippen molar-refractivity contribution < 1.29 is 9.53 Å². The average molecular weight is 309 g/mol. The predicted molar refractivity (Wildman–Crippen MR) is 82.8 cm³/mol. The summed E-state index contributed by atoms with van der Waals surface area (Å²) in [5.41, 5.74) is 0.801. The molecule has 1 aromatic heterocycles. The van der Waals surface area contributed by atoms with Crippen molar-refractivity contribution in [3.8, 4) is 0 Å². The summed E-state index contributed by atoms with van der Waals surface area (Å²) < 4.78 is 5.20. The topological polar surface area (TPSA) is 45.7 Å². The van der Waals surface area contributed by atoms with E-state index in [0.717, 1.165) is 44.2 Å². The van der Waals surface area contributed by atoms with E-state index in [1.54, 1.807) is 18.4 Å². The molecule has 0 saturated carbocycles. The Bertz CT molecular complexity index is 519. The molecule has 116 valence electrons. The van der Waals surface area contributed by atoms with Crippen LogP contribution in [0.4, 0.5) is 0 Å². The highest BCUT2D eigenvalue weighted by Crippen LogP contribution is 2.38. The fraction of sp³-hybridized carbons (Fsp3) is 0.733. The Labute approximate surface area is 129 Å². The van der Waals surface area contributed by atoms with Gasteiger partial charge in [-0.2, -0.15) is 0 Å². The number of hydrogen-bond acceptors (Lipinski definition) is 5. The Morgan fingerprint density at radius 1 is 1.48 bits per heavy atom. The average Bonchev–Trinajstić information content (AvgIpc) is 2.92. The van der Waals surface area contributed by atoms with Gasteiger partial charge in [-0.05, 0) is 26.2 Å². The maximum absolute atomic E-state index is 12.6. The molecule has 2 fully saturated rings. The number of ether oxygens (including phenoxy) is 1. The normalized spacial score (nSPS) is 26.1. The van der Waals surface area contributed by atoms with Crippen molar-refractivity contribution in [2.45, 2.75) is 31.7 Å². The van der Waals surface area contributed by atoms with Gasteiger partial charge in [0.1, 0.15) is 5.69 Å². The number of thiazole rings is 1. The van der Waals surface area contributed by atoms with E-state index in [1.807, 2.05) is 17.2 Å². The van der Waals surface area contributed by atoms with E-state index in [1.165, 1.54) is 12.8 Å². The van der Waals surface area contributed by atoms with E-state index >= 15 is 0 Å². The third kappa shape index (κ3) is 2.84. The summed E-state index contributed by atoms with van der Waals surface area (Å²) in [5.74, 6) is 0.0945. The second kappa shape index (κ2) is 6.02. The number of aryl methyl sites for hydroxylation is 1. The lowest BCUT2D eigenvalue weighted by Gasteiger charge is -2.57. The first-order valence-corrected chi connectivity index (χ1v) is 8.48. The summed E-state index contributed by atoms with van der Waals surface area (Å²) in [6, 6.07) is 0. The fourth-order valence-electron chi connectivity index (χ4n) is 3.51. The molecule has 1 spiro atoms. The molecule has 3 heterocycles. The van der Waals surface area contributed by atoms with Crippen LogP contribution in [0.2, 0.25) is 0 Å². The summed E-state index contributed by atoms with van der Waals surface area (Å²) in [6.45, 7) is 6.50. The standard InChI is InChI=1S/C15H23N3O2S/c1-12-16-13(10-21-12)14(19)17-6-3-4-15(11-17)5-7-18(15)8-9-20-2/h10H,3-9,11H2,1-2H3/t15-/m1/s1. The molecule has 2 aliphatic rings.